The summed E-state index contributed by atoms with van der Waals surface area (Å²) in [5, 5.41) is 2.86. The molecule has 24 heavy (non-hydrogen) atoms. The van der Waals surface area contributed by atoms with Gasteiger partial charge in [-0.25, -0.2) is 0 Å². The largest absolute Gasteiger partial charge is 0.322 e. The topological polar surface area (TPSA) is 46.2 Å². The van der Waals surface area contributed by atoms with Gasteiger partial charge in [-0.05, 0) is 41.7 Å². The maximum Gasteiger partial charge on any atom is 0.255 e. The summed E-state index contributed by atoms with van der Waals surface area (Å²) >= 11 is 0. The number of ketones is 1. The van der Waals surface area contributed by atoms with E-state index in [0.29, 0.717) is 23.2 Å². The van der Waals surface area contributed by atoms with E-state index in [1.54, 1.807) is 24.3 Å². The molecule has 0 aliphatic rings. The molecule has 2 aromatic rings. The number of carbonyl (C=O) groups excluding carboxylic acids is 2. The fourth-order valence-corrected chi connectivity index (χ4v) is 2.45. The number of benzene rings is 2. The Balaban J connectivity index is 2.10. The molecule has 2 aromatic carbocycles. The average Bonchev–Trinajstić information content (AvgIpc) is 2.53. The Morgan fingerprint density at radius 3 is 2.21 bits per heavy atom. The first kappa shape index (κ1) is 17.9. The van der Waals surface area contributed by atoms with Crippen LogP contribution >= 0.6 is 0 Å². The van der Waals surface area contributed by atoms with Crippen molar-refractivity contribution in [2.75, 3.05) is 5.32 Å². The van der Waals surface area contributed by atoms with Crippen LogP contribution in [-0.4, -0.2) is 11.7 Å². The second kappa shape index (κ2) is 7.43. The van der Waals surface area contributed by atoms with E-state index in [4.69, 9.17) is 0 Å². The Morgan fingerprint density at radius 2 is 1.62 bits per heavy atom. The lowest BCUT2D eigenvalue weighted by Crippen LogP contribution is -2.14. The van der Waals surface area contributed by atoms with Gasteiger partial charge in [-0.3, -0.25) is 9.59 Å². The highest BCUT2D eigenvalue weighted by atomic mass is 16.1. The van der Waals surface area contributed by atoms with Crippen LogP contribution in [0, 0.1) is 5.41 Å². The monoisotopic (exact) mass is 323 g/mol. The molecule has 0 heterocycles. The molecule has 1 N–H and O–H groups in total. The van der Waals surface area contributed by atoms with Gasteiger partial charge in [0.15, 0.2) is 5.78 Å². The van der Waals surface area contributed by atoms with Crippen LogP contribution in [0.25, 0.3) is 0 Å². The summed E-state index contributed by atoms with van der Waals surface area (Å²) in [6, 6.07) is 14.7. The van der Waals surface area contributed by atoms with Crippen molar-refractivity contribution in [1.82, 2.24) is 0 Å². The van der Waals surface area contributed by atoms with Crippen molar-refractivity contribution in [3.05, 3.63) is 65.2 Å². The van der Waals surface area contributed by atoms with E-state index in [-0.39, 0.29) is 17.1 Å². The number of Topliss-reactive ketones (excluding diaryl/α,β-unsaturated/α-hetero) is 1. The quantitative estimate of drug-likeness (QED) is 0.776. The van der Waals surface area contributed by atoms with Gasteiger partial charge in [0, 0.05) is 23.2 Å². The van der Waals surface area contributed by atoms with Gasteiger partial charge in [-0.1, -0.05) is 52.0 Å². The molecule has 3 nitrogen and oxygen atoms in total. The number of carbonyl (C=O) groups is 2. The second-order valence-electron chi connectivity index (χ2n) is 7.25. The third-order valence-corrected chi connectivity index (χ3v) is 3.76. The molecule has 0 atom stereocenters. The number of rotatable bonds is 5. The van der Waals surface area contributed by atoms with Crippen LogP contribution in [0.3, 0.4) is 0 Å². The molecule has 0 fully saturated rings. The van der Waals surface area contributed by atoms with Crippen molar-refractivity contribution in [2.24, 2.45) is 5.41 Å². The van der Waals surface area contributed by atoms with Gasteiger partial charge in [-0.15, -0.1) is 0 Å². The first-order valence-electron chi connectivity index (χ1n) is 8.32. The lowest BCUT2D eigenvalue weighted by Gasteiger charge is -2.17. The third-order valence-electron chi connectivity index (χ3n) is 3.76. The van der Waals surface area contributed by atoms with Crippen molar-refractivity contribution >= 4 is 17.4 Å². The zero-order valence-corrected chi connectivity index (χ0v) is 14.8. The Morgan fingerprint density at radius 1 is 0.958 bits per heavy atom. The third kappa shape index (κ3) is 5.05. The van der Waals surface area contributed by atoms with Gasteiger partial charge >= 0.3 is 0 Å². The summed E-state index contributed by atoms with van der Waals surface area (Å²) in [5.74, 6) is -0.0797. The molecule has 1 amide bonds. The van der Waals surface area contributed by atoms with Gasteiger partial charge in [0.2, 0.25) is 0 Å². The minimum Gasteiger partial charge on any atom is -0.322 e. The van der Waals surface area contributed by atoms with E-state index in [0.717, 1.165) is 6.42 Å². The molecule has 0 saturated carbocycles. The lowest BCUT2D eigenvalue weighted by molar-refractivity contribution is 0.0938. The predicted octanol–water partition coefficient (Wildman–Crippen LogP) is 5.12. The maximum atomic E-state index is 12.3. The van der Waals surface area contributed by atoms with Crippen LogP contribution in [0.5, 0.6) is 0 Å². The zero-order valence-electron chi connectivity index (χ0n) is 14.8. The predicted molar refractivity (Wildman–Crippen MR) is 98.6 cm³/mol. The maximum absolute atomic E-state index is 12.3. The molecule has 0 spiro atoms. The summed E-state index contributed by atoms with van der Waals surface area (Å²) in [5.41, 5.74) is 3.01. The normalized spacial score (nSPS) is 11.2. The lowest BCUT2D eigenvalue weighted by atomic mass is 9.88. The zero-order chi connectivity index (χ0) is 17.7. The Labute approximate surface area is 144 Å². The van der Waals surface area contributed by atoms with Crippen molar-refractivity contribution in [2.45, 2.75) is 40.5 Å². The summed E-state index contributed by atoms with van der Waals surface area (Å²) in [6.45, 7) is 8.19. The summed E-state index contributed by atoms with van der Waals surface area (Å²) in [6.07, 6.45) is 1.42. The number of hydrogen-bond donors (Lipinski definition) is 1. The van der Waals surface area contributed by atoms with Crippen LogP contribution in [0.2, 0.25) is 0 Å². The smallest absolute Gasteiger partial charge is 0.255 e. The van der Waals surface area contributed by atoms with E-state index >= 15 is 0 Å². The number of amides is 1. The molecule has 0 aliphatic carbocycles. The molecule has 0 aliphatic heterocycles. The van der Waals surface area contributed by atoms with Crippen LogP contribution < -0.4 is 5.32 Å². The SMILES string of the molecule is CCc1ccc(C(=O)Nc2cccc(C(=O)CC(C)(C)C)c2)cc1. The molecular formula is C21H25NO2. The molecule has 0 radical (unpaired) electrons. The molecule has 2 rings (SSSR count). The Bertz CT molecular complexity index is 724. The molecule has 126 valence electrons. The molecule has 0 aromatic heterocycles. The minimum absolute atomic E-state index is 0.0582. The van der Waals surface area contributed by atoms with Crippen LogP contribution in [0.4, 0.5) is 5.69 Å². The molecular weight excluding hydrogens is 298 g/mol. The van der Waals surface area contributed by atoms with E-state index < -0.39 is 0 Å². The fraction of sp³-hybridized carbons (Fsp3) is 0.333. The van der Waals surface area contributed by atoms with Gasteiger partial charge in [0.1, 0.15) is 0 Å². The second-order valence-corrected chi connectivity index (χ2v) is 7.25. The first-order valence-corrected chi connectivity index (χ1v) is 8.32. The number of aryl methyl sites for hydroxylation is 1. The average molecular weight is 323 g/mol. The molecule has 0 saturated heterocycles. The van der Waals surface area contributed by atoms with Gasteiger partial charge < -0.3 is 5.32 Å². The van der Waals surface area contributed by atoms with Crippen LogP contribution in [-0.2, 0) is 6.42 Å². The van der Waals surface area contributed by atoms with E-state index in [1.807, 2.05) is 45.0 Å². The van der Waals surface area contributed by atoms with Crippen LogP contribution in [0.1, 0.15) is 60.4 Å². The highest BCUT2D eigenvalue weighted by Crippen LogP contribution is 2.23. The standard InChI is InChI=1S/C21H25NO2/c1-5-15-9-11-16(12-10-15)20(24)22-18-8-6-7-17(13-18)19(23)14-21(2,3)4/h6-13H,5,14H2,1-4H3,(H,22,24). The van der Waals surface area contributed by atoms with Crippen molar-refractivity contribution < 1.29 is 9.59 Å². The van der Waals surface area contributed by atoms with Gasteiger partial charge in [0.05, 0.1) is 0 Å². The highest BCUT2D eigenvalue weighted by molar-refractivity contribution is 6.05. The number of nitrogens with one attached hydrogen (secondary N) is 1. The molecule has 3 heteroatoms. The number of anilines is 1. The highest BCUT2D eigenvalue weighted by Gasteiger charge is 2.17. The van der Waals surface area contributed by atoms with Crippen molar-refractivity contribution in [3.8, 4) is 0 Å². The summed E-state index contributed by atoms with van der Waals surface area (Å²) in [4.78, 5) is 24.7. The fourth-order valence-electron chi connectivity index (χ4n) is 2.45. The summed E-state index contributed by atoms with van der Waals surface area (Å²) in [7, 11) is 0. The van der Waals surface area contributed by atoms with E-state index in [9.17, 15) is 9.59 Å². The molecule has 0 unspecified atom stereocenters. The van der Waals surface area contributed by atoms with Gasteiger partial charge in [-0.2, -0.15) is 0 Å². The number of hydrogen-bond acceptors (Lipinski definition) is 2. The van der Waals surface area contributed by atoms with Crippen LogP contribution in [0.15, 0.2) is 48.5 Å². The minimum atomic E-state index is -0.168. The van der Waals surface area contributed by atoms with E-state index in [2.05, 4.69) is 12.2 Å². The Hall–Kier alpha value is -2.42. The summed E-state index contributed by atoms with van der Waals surface area (Å²) < 4.78 is 0. The van der Waals surface area contributed by atoms with Gasteiger partial charge in [0.25, 0.3) is 5.91 Å². The van der Waals surface area contributed by atoms with Crippen molar-refractivity contribution in [1.29, 1.82) is 0 Å². The molecule has 0 bridgehead atoms. The van der Waals surface area contributed by atoms with E-state index in [1.165, 1.54) is 5.56 Å². The first-order chi connectivity index (χ1) is 11.3. The Kier molecular flexibility index (Phi) is 5.55. The van der Waals surface area contributed by atoms with Crippen molar-refractivity contribution in [3.63, 3.8) is 0 Å².